The normalized spacial score (nSPS) is 19.6. The van der Waals surface area contributed by atoms with Gasteiger partial charge in [-0.2, -0.15) is 0 Å². The van der Waals surface area contributed by atoms with Gasteiger partial charge in [-0.15, -0.1) is 11.8 Å². The van der Waals surface area contributed by atoms with Crippen LogP contribution in [0.1, 0.15) is 35.3 Å². The van der Waals surface area contributed by atoms with Gasteiger partial charge in [-0.1, -0.05) is 18.2 Å². The third-order valence-electron chi connectivity index (χ3n) is 4.39. The summed E-state index contributed by atoms with van der Waals surface area (Å²) in [7, 11) is -3.01. The molecule has 4 nitrogen and oxygen atoms in total. The van der Waals surface area contributed by atoms with Crippen molar-refractivity contribution >= 4 is 27.5 Å². The molecule has 0 aliphatic carbocycles. The first-order valence-corrected chi connectivity index (χ1v) is 11.2. The molecule has 1 heterocycles. The molecule has 144 valence electrons. The summed E-state index contributed by atoms with van der Waals surface area (Å²) >= 11 is 1.37. The van der Waals surface area contributed by atoms with Gasteiger partial charge in [0.25, 0.3) is 5.91 Å². The summed E-state index contributed by atoms with van der Waals surface area (Å²) in [4.78, 5) is 13.4. The average molecular weight is 411 g/mol. The quantitative estimate of drug-likeness (QED) is 0.814. The Labute approximate surface area is 161 Å². The number of hydrogen-bond donors (Lipinski definition) is 1. The number of nitrogens with one attached hydrogen (secondary N) is 1. The van der Waals surface area contributed by atoms with Crippen molar-refractivity contribution in [1.29, 1.82) is 0 Å². The number of amides is 1. The zero-order chi connectivity index (χ0) is 19.6. The molecule has 2 atom stereocenters. The van der Waals surface area contributed by atoms with Gasteiger partial charge in [0, 0.05) is 21.8 Å². The molecule has 0 spiro atoms. The molecule has 27 heavy (non-hydrogen) atoms. The van der Waals surface area contributed by atoms with Gasteiger partial charge in [0.05, 0.1) is 23.1 Å². The summed E-state index contributed by atoms with van der Waals surface area (Å²) in [6.45, 7) is 1.62. The Morgan fingerprint density at radius 1 is 1.22 bits per heavy atom. The van der Waals surface area contributed by atoms with E-state index in [1.807, 2.05) is 0 Å². The lowest BCUT2D eigenvalue weighted by molar-refractivity contribution is 0.0936. The van der Waals surface area contributed by atoms with Gasteiger partial charge in [-0.3, -0.25) is 4.79 Å². The highest BCUT2D eigenvalue weighted by atomic mass is 32.2. The minimum absolute atomic E-state index is 0.0871. The Kier molecular flexibility index (Phi) is 5.86. The number of benzene rings is 2. The van der Waals surface area contributed by atoms with Crippen LogP contribution >= 0.6 is 11.8 Å². The Morgan fingerprint density at radius 3 is 2.63 bits per heavy atom. The summed E-state index contributed by atoms with van der Waals surface area (Å²) in [6, 6.07) is 9.50. The standard InChI is InChI=1S/C19H19F2NO3S2/c1-12(15-7-6-13(20)10-17(15)21)22-19(23)16-4-2-3-5-18(16)26-14-8-9-27(24,25)11-14/h2-7,10,12,14H,8-9,11H2,1H3,(H,22,23)/t12-,14+/m0/s1. The first kappa shape index (κ1) is 19.8. The molecule has 1 saturated heterocycles. The topological polar surface area (TPSA) is 63.2 Å². The van der Waals surface area contributed by atoms with Crippen molar-refractivity contribution in [3.8, 4) is 0 Å². The summed E-state index contributed by atoms with van der Waals surface area (Å²) < 4.78 is 50.3. The zero-order valence-corrected chi connectivity index (χ0v) is 16.2. The van der Waals surface area contributed by atoms with Crippen LogP contribution in [0.2, 0.25) is 0 Å². The van der Waals surface area contributed by atoms with Gasteiger partial charge in [0.15, 0.2) is 9.84 Å². The van der Waals surface area contributed by atoms with E-state index in [1.165, 1.54) is 17.8 Å². The molecule has 2 aromatic rings. The second-order valence-corrected chi connectivity index (χ2v) is 10.1. The SMILES string of the molecule is C[C@H](NC(=O)c1ccccc1S[C@@H]1CCS(=O)(=O)C1)c1ccc(F)cc1F. The van der Waals surface area contributed by atoms with Crippen molar-refractivity contribution < 1.29 is 22.0 Å². The molecule has 3 rings (SSSR count). The van der Waals surface area contributed by atoms with Gasteiger partial charge in [0.1, 0.15) is 11.6 Å². The lowest BCUT2D eigenvalue weighted by Gasteiger charge is -2.17. The fraction of sp³-hybridized carbons (Fsp3) is 0.316. The average Bonchev–Trinajstić information content (AvgIpc) is 2.93. The number of sulfone groups is 1. The minimum atomic E-state index is -3.01. The summed E-state index contributed by atoms with van der Waals surface area (Å²) in [5.74, 6) is -1.52. The first-order valence-electron chi connectivity index (χ1n) is 8.47. The monoisotopic (exact) mass is 411 g/mol. The van der Waals surface area contributed by atoms with E-state index in [2.05, 4.69) is 5.32 Å². The molecule has 1 aliphatic rings. The van der Waals surface area contributed by atoms with E-state index in [1.54, 1.807) is 31.2 Å². The second-order valence-electron chi connectivity index (χ2n) is 6.50. The fourth-order valence-electron chi connectivity index (χ4n) is 3.00. The van der Waals surface area contributed by atoms with Crippen molar-refractivity contribution in [2.24, 2.45) is 0 Å². The third-order valence-corrected chi connectivity index (χ3v) is 7.72. The van der Waals surface area contributed by atoms with Crippen LogP contribution in [-0.2, 0) is 9.84 Å². The summed E-state index contributed by atoms with van der Waals surface area (Å²) in [5.41, 5.74) is 0.595. The molecule has 0 unspecified atom stereocenters. The molecule has 0 saturated carbocycles. The molecule has 2 aromatic carbocycles. The van der Waals surface area contributed by atoms with Crippen molar-refractivity contribution in [1.82, 2.24) is 5.32 Å². The molecule has 1 aliphatic heterocycles. The van der Waals surface area contributed by atoms with Gasteiger partial charge in [-0.25, -0.2) is 17.2 Å². The lowest BCUT2D eigenvalue weighted by Crippen LogP contribution is -2.27. The van der Waals surface area contributed by atoms with Crippen molar-refractivity contribution in [2.75, 3.05) is 11.5 Å². The molecule has 0 radical (unpaired) electrons. The highest BCUT2D eigenvalue weighted by Crippen LogP contribution is 2.33. The first-order chi connectivity index (χ1) is 12.7. The van der Waals surface area contributed by atoms with E-state index < -0.39 is 33.4 Å². The largest absolute Gasteiger partial charge is 0.345 e. The summed E-state index contributed by atoms with van der Waals surface area (Å²) in [5, 5.41) is 2.63. The van der Waals surface area contributed by atoms with Crippen LogP contribution in [0.25, 0.3) is 0 Å². The Hall–Kier alpha value is -1.93. The van der Waals surface area contributed by atoms with Crippen LogP contribution in [0.3, 0.4) is 0 Å². The highest BCUT2D eigenvalue weighted by molar-refractivity contribution is 8.02. The van der Waals surface area contributed by atoms with Gasteiger partial charge < -0.3 is 5.32 Å². The zero-order valence-electron chi connectivity index (χ0n) is 14.6. The van der Waals surface area contributed by atoms with Crippen LogP contribution in [-0.4, -0.2) is 31.1 Å². The second kappa shape index (κ2) is 7.98. The van der Waals surface area contributed by atoms with Crippen LogP contribution < -0.4 is 5.32 Å². The van der Waals surface area contributed by atoms with E-state index in [-0.39, 0.29) is 22.3 Å². The molecular formula is C19H19F2NO3S2. The third kappa shape index (κ3) is 4.87. The smallest absolute Gasteiger partial charge is 0.252 e. The van der Waals surface area contributed by atoms with Gasteiger partial charge >= 0.3 is 0 Å². The van der Waals surface area contributed by atoms with Crippen molar-refractivity contribution in [3.63, 3.8) is 0 Å². The molecule has 0 bridgehead atoms. The number of halogens is 2. The Bertz CT molecular complexity index is 963. The highest BCUT2D eigenvalue weighted by Gasteiger charge is 2.29. The fourth-order valence-corrected chi connectivity index (χ4v) is 6.62. The van der Waals surface area contributed by atoms with Crippen LogP contribution in [0.15, 0.2) is 47.4 Å². The van der Waals surface area contributed by atoms with Crippen molar-refractivity contribution in [2.45, 2.75) is 29.5 Å². The van der Waals surface area contributed by atoms with Crippen LogP contribution in [0.5, 0.6) is 0 Å². The number of carbonyl (C=O) groups excluding carboxylic acids is 1. The van der Waals surface area contributed by atoms with Crippen molar-refractivity contribution in [3.05, 3.63) is 65.2 Å². The van der Waals surface area contributed by atoms with E-state index in [0.29, 0.717) is 16.9 Å². The molecule has 1 amide bonds. The maximum absolute atomic E-state index is 13.9. The maximum atomic E-state index is 13.9. The number of carbonyl (C=O) groups is 1. The summed E-state index contributed by atoms with van der Waals surface area (Å²) in [6.07, 6.45) is 0.556. The Morgan fingerprint density at radius 2 is 1.96 bits per heavy atom. The van der Waals surface area contributed by atoms with E-state index >= 15 is 0 Å². The van der Waals surface area contributed by atoms with E-state index in [4.69, 9.17) is 0 Å². The Balaban J connectivity index is 1.75. The van der Waals surface area contributed by atoms with Gasteiger partial charge in [0.2, 0.25) is 0 Å². The van der Waals surface area contributed by atoms with Gasteiger partial charge in [-0.05, 0) is 31.5 Å². The molecule has 8 heteroatoms. The van der Waals surface area contributed by atoms with E-state index in [0.717, 1.165) is 12.1 Å². The minimum Gasteiger partial charge on any atom is -0.345 e. The lowest BCUT2D eigenvalue weighted by atomic mass is 10.1. The number of thioether (sulfide) groups is 1. The predicted octanol–water partition coefficient (Wildman–Crippen LogP) is 3.74. The van der Waals surface area contributed by atoms with E-state index in [9.17, 15) is 22.0 Å². The predicted molar refractivity (Wildman–Crippen MR) is 102 cm³/mol. The van der Waals surface area contributed by atoms with Crippen LogP contribution in [0, 0.1) is 11.6 Å². The molecule has 1 N–H and O–H groups in total. The number of hydrogen-bond acceptors (Lipinski definition) is 4. The maximum Gasteiger partial charge on any atom is 0.252 e. The number of rotatable bonds is 5. The molecular weight excluding hydrogens is 392 g/mol. The van der Waals surface area contributed by atoms with Crippen LogP contribution in [0.4, 0.5) is 8.78 Å². The molecule has 1 fully saturated rings. The molecule has 0 aromatic heterocycles.